The Morgan fingerprint density at radius 2 is 1.63 bits per heavy atom. The maximum atomic E-state index is 12.5. The molecule has 15 nitrogen and oxygen atoms in total. The van der Waals surface area contributed by atoms with Crippen molar-refractivity contribution >= 4 is 41.5 Å². The number of thioether (sulfide) groups is 1. The molecule has 5 amide bonds. The second-order valence-electron chi connectivity index (χ2n) is 10.0. The Morgan fingerprint density at radius 1 is 0.953 bits per heavy atom. The second kappa shape index (κ2) is 21.7. The average Bonchev–Trinajstić information content (AvgIpc) is 3.53. The molecule has 0 aromatic heterocycles. The van der Waals surface area contributed by atoms with Crippen molar-refractivity contribution in [2.45, 2.75) is 61.9 Å². The lowest BCUT2D eigenvalue weighted by molar-refractivity contribution is -0.129. The molecule has 2 fully saturated rings. The van der Waals surface area contributed by atoms with Crippen LogP contribution >= 0.6 is 11.8 Å². The van der Waals surface area contributed by atoms with Gasteiger partial charge in [-0.05, 0) is 25.7 Å². The minimum atomic E-state index is -1.22. The molecule has 2 aliphatic heterocycles. The monoisotopic (exact) mass is 634 g/mol. The third kappa shape index (κ3) is 16.0. The van der Waals surface area contributed by atoms with Gasteiger partial charge in [-0.1, -0.05) is 6.42 Å². The molecular formula is C26H47FN8O7S. The van der Waals surface area contributed by atoms with E-state index < -0.39 is 24.5 Å². The van der Waals surface area contributed by atoms with Crippen molar-refractivity contribution in [1.29, 1.82) is 0 Å². The zero-order valence-corrected chi connectivity index (χ0v) is 25.4. The van der Waals surface area contributed by atoms with Gasteiger partial charge in [0.25, 0.3) is 5.91 Å². The van der Waals surface area contributed by atoms with Crippen LogP contribution in [0, 0.1) is 0 Å². The molecule has 0 aliphatic carbocycles. The van der Waals surface area contributed by atoms with Gasteiger partial charge in [0.1, 0.15) is 6.04 Å². The van der Waals surface area contributed by atoms with Crippen molar-refractivity contribution in [3.8, 4) is 0 Å². The molecule has 2 saturated heterocycles. The summed E-state index contributed by atoms with van der Waals surface area (Å²) < 4.78 is 28.8. The number of aliphatic imine (C=N–C) groups is 1. The van der Waals surface area contributed by atoms with E-state index in [2.05, 4.69) is 31.6 Å². The highest BCUT2D eigenvalue weighted by molar-refractivity contribution is 8.00. The Kier molecular flexibility index (Phi) is 18.4. The molecule has 0 unspecified atom stereocenters. The van der Waals surface area contributed by atoms with E-state index in [1.807, 2.05) is 11.8 Å². The predicted octanol–water partition coefficient (Wildman–Crippen LogP) is -1.50. The summed E-state index contributed by atoms with van der Waals surface area (Å²) in [6.45, 7) is 1.76. The molecule has 9 N–H and O–H groups in total. The number of carbonyl (C=O) groups is 4. The number of hydrogen-bond acceptors (Lipinski definition) is 9. The molecule has 0 saturated carbocycles. The zero-order valence-electron chi connectivity index (χ0n) is 24.6. The first-order valence-electron chi connectivity index (χ1n) is 14.7. The molecule has 0 bridgehead atoms. The van der Waals surface area contributed by atoms with Gasteiger partial charge in [0, 0.05) is 37.1 Å². The van der Waals surface area contributed by atoms with Crippen LogP contribution in [0.25, 0.3) is 0 Å². The predicted molar refractivity (Wildman–Crippen MR) is 160 cm³/mol. The average molecular weight is 635 g/mol. The fraction of sp³-hybridized carbons (Fsp3) is 0.808. The highest BCUT2D eigenvalue weighted by Gasteiger charge is 2.42. The highest BCUT2D eigenvalue weighted by Crippen LogP contribution is 2.33. The third-order valence-electron chi connectivity index (χ3n) is 6.66. The molecule has 0 aromatic carbocycles. The number of halogens is 1. The standard InChI is InChI=1S/C26H47FN8O7S/c27-16-22(37)33-18(4-3-7-32-25(28)29)24(38)31-9-11-41-13-15-42-14-12-40-10-8-30-21(36)6-2-1-5-20-23-19(17-43-20)34-26(39)35-23/h18-20,23H,1-17H2,(H,30,36)(H,31,38)(H,33,37)(H4,28,29,32)(H2,34,35,39)/t18-,19-,20-,23-/m0/s1. The number of alkyl halides is 1. The number of nitrogens with two attached hydrogens (primary N) is 2. The van der Waals surface area contributed by atoms with Crippen molar-refractivity contribution in [1.82, 2.24) is 26.6 Å². The van der Waals surface area contributed by atoms with Crippen molar-refractivity contribution in [3.63, 3.8) is 0 Å². The summed E-state index contributed by atoms with van der Waals surface area (Å²) in [5.74, 6) is -0.447. The largest absolute Gasteiger partial charge is 0.377 e. The van der Waals surface area contributed by atoms with Gasteiger partial charge in [-0.2, -0.15) is 11.8 Å². The lowest BCUT2D eigenvalue weighted by Gasteiger charge is -2.17. The molecule has 17 heteroatoms. The molecule has 0 aromatic rings. The van der Waals surface area contributed by atoms with Gasteiger partial charge in [-0.25, -0.2) is 9.18 Å². The van der Waals surface area contributed by atoms with E-state index in [9.17, 15) is 23.6 Å². The van der Waals surface area contributed by atoms with E-state index in [0.717, 1.165) is 25.0 Å². The molecule has 246 valence electrons. The van der Waals surface area contributed by atoms with Crippen LogP contribution in [0.4, 0.5) is 9.18 Å². The molecule has 2 aliphatic rings. The highest BCUT2D eigenvalue weighted by atomic mass is 32.2. The maximum absolute atomic E-state index is 12.5. The van der Waals surface area contributed by atoms with Crippen LogP contribution in [-0.4, -0.2) is 125 Å². The number of ether oxygens (including phenoxy) is 3. The van der Waals surface area contributed by atoms with Crippen molar-refractivity contribution in [2.75, 3.05) is 71.7 Å². The fourth-order valence-electron chi connectivity index (χ4n) is 4.54. The Balaban J connectivity index is 1.36. The second-order valence-corrected chi connectivity index (χ2v) is 11.3. The first kappa shape index (κ1) is 36.3. The van der Waals surface area contributed by atoms with E-state index in [-0.39, 0.29) is 56.1 Å². The third-order valence-corrected chi connectivity index (χ3v) is 8.17. The lowest BCUT2D eigenvalue weighted by Crippen LogP contribution is -2.48. The van der Waals surface area contributed by atoms with Crippen LogP contribution in [0.2, 0.25) is 0 Å². The SMILES string of the molecule is NC(N)=NCCC[C@H](NC(=O)CF)C(=O)NCCOCCOCCOCCNC(=O)CCCC[C@@H]1SC[C@@H]2NC(=O)N[C@@H]21. The van der Waals surface area contributed by atoms with Gasteiger partial charge < -0.3 is 52.3 Å². The number of unbranched alkanes of at least 4 members (excludes halogenated alkanes) is 1. The molecule has 0 radical (unpaired) electrons. The molecule has 43 heavy (non-hydrogen) atoms. The normalized spacial score (nSPS) is 19.6. The summed E-state index contributed by atoms with van der Waals surface area (Å²) in [5.41, 5.74) is 10.5. The quantitative estimate of drug-likeness (QED) is 0.0282. The van der Waals surface area contributed by atoms with Gasteiger partial charge in [0.2, 0.25) is 11.8 Å². The van der Waals surface area contributed by atoms with E-state index >= 15 is 0 Å². The van der Waals surface area contributed by atoms with E-state index in [1.165, 1.54) is 0 Å². The van der Waals surface area contributed by atoms with Crippen LogP contribution in [-0.2, 0) is 28.6 Å². The topological polar surface area (TPSA) is 221 Å². The van der Waals surface area contributed by atoms with Gasteiger partial charge in [0.05, 0.1) is 51.7 Å². The Labute approximate surface area is 255 Å². The lowest BCUT2D eigenvalue weighted by atomic mass is 10.0. The molecule has 2 heterocycles. The maximum Gasteiger partial charge on any atom is 0.315 e. The summed E-state index contributed by atoms with van der Waals surface area (Å²) in [7, 11) is 0. The fourth-order valence-corrected chi connectivity index (χ4v) is 6.09. The number of hydrogen-bond donors (Lipinski definition) is 7. The number of urea groups is 1. The van der Waals surface area contributed by atoms with Crippen LogP contribution in [0.5, 0.6) is 0 Å². The number of carbonyl (C=O) groups excluding carboxylic acids is 4. The Bertz CT molecular complexity index is 900. The molecule has 2 rings (SSSR count). The molecule has 0 spiro atoms. The minimum absolute atomic E-state index is 0.00357. The Morgan fingerprint density at radius 3 is 2.30 bits per heavy atom. The summed E-state index contributed by atoms with van der Waals surface area (Å²) in [4.78, 5) is 50.9. The van der Waals surface area contributed by atoms with Gasteiger partial charge in [0.15, 0.2) is 12.6 Å². The number of rotatable bonds is 24. The van der Waals surface area contributed by atoms with Crippen LogP contribution in [0.3, 0.4) is 0 Å². The van der Waals surface area contributed by atoms with Crippen LogP contribution in [0.1, 0.15) is 38.5 Å². The summed E-state index contributed by atoms with van der Waals surface area (Å²) in [6, 6.07) is -0.550. The van der Waals surface area contributed by atoms with E-state index in [4.69, 9.17) is 25.7 Å². The van der Waals surface area contributed by atoms with E-state index in [0.29, 0.717) is 57.7 Å². The first-order chi connectivity index (χ1) is 20.8. The van der Waals surface area contributed by atoms with Crippen LogP contribution in [0.15, 0.2) is 4.99 Å². The summed E-state index contributed by atoms with van der Waals surface area (Å²) >= 11 is 1.88. The number of nitrogens with one attached hydrogen (secondary N) is 5. The number of nitrogens with zero attached hydrogens (tertiary/aromatic N) is 1. The molecular weight excluding hydrogens is 587 g/mol. The van der Waals surface area contributed by atoms with Gasteiger partial charge in [-0.3, -0.25) is 19.4 Å². The van der Waals surface area contributed by atoms with Gasteiger partial charge in [-0.15, -0.1) is 0 Å². The summed E-state index contributed by atoms with van der Waals surface area (Å²) in [5, 5.41) is 14.2. The zero-order chi connectivity index (χ0) is 31.3. The smallest absolute Gasteiger partial charge is 0.315 e. The van der Waals surface area contributed by atoms with Crippen molar-refractivity contribution in [2.24, 2.45) is 16.5 Å². The van der Waals surface area contributed by atoms with Gasteiger partial charge >= 0.3 is 6.03 Å². The number of fused-ring (bicyclic) bond motifs is 1. The van der Waals surface area contributed by atoms with Crippen molar-refractivity contribution < 1.29 is 37.8 Å². The summed E-state index contributed by atoms with van der Waals surface area (Å²) in [6.07, 6.45) is 3.89. The van der Waals surface area contributed by atoms with E-state index in [1.54, 1.807) is 0 Å². The molecule has 4 atom stereocenters. The number of guanidine groups is 1. The van der Waals surface area contributed by atoms with Crippen molar-refractivity contribution in [3.05, 3.63) is 0 Å². The number of amides is 5. The minimum Gasteiger partial charge on any atom is -0.377 e. The first-order valence-corrected chi connectivity index (χ1v) is 15.7. The van der Waals surface area contributed by atoms with Crippen LogP contribution < -0.4 is 38.1 Å². The Hall–Kier alpha value is -2.89.